The van der Waals surface area contributed by atoms with Crippen LogP contribution in [-0.2, 0) is 6.54 Å². The van der Waals surface area contributed by atoms with Gasteiger partial charge in [0.25, 0.3) is 0 Å². The van der Waals surface area contributed by atoms with Crippen LogP contribution in [0.25, 0.3) is 0 Å². The van der Waals surface area contributed by atoms with Gasteiger partial charge < -0.3 is 5.32 Å². The minimum Gasteiger partial charge on any atom is -0.312 e. The van der Waals surface area contributed by atoms with Crippen molar-refractivity contribution in [2.45, 2.75) is 32.0 Å². The van der Waals surface area contributed by atoms with Gasteiger partial charge in [-0.25, -0.2) is 14.4 Å². The maximum atomic E-state index is 13.6. The van der Waals surface area contributed by atoms with E-state index in [4.69, 9.17) is 11.6 Å². The van der Waals surface area contributed by atoms with Crippen LogP contribution >= 0.6 is 35.8 Å². The Bertz CT molecular complexity index is 600. The second-order valence-corrected chi connectivity index (χ2v) is 6.48. The highest BCUT2D eigenvalue weighted by molar-refractivity contribution is 7.99. The van der Waals surface area contributed by atoms with Crippen LogP contribution in [0.1, 0.15) is 23.4 Å². The van der Waals surface area contributed by atoms with E-state index in [1.54, 1.807) is 23.9 Å². The molecular weight excluding hydrogens is 356 g/mol. The Morgan fingerprint density at radius 2 is 1.91 bits per heavy atom. The van der Waals surface area contributed by atoms with Crippen LogP contribution in [0.2, 0.25) is 5.02 Å². The number of thioether (sulfide) groups is 1. The molecule has 0 saturated heterocycles. The van der Waals surface area contributed by atoms with Gasteiger partial charge in [0, 0.05) is 34.3 Å². The molecule has 23 heavy (non-hydrogen) atoms. The molecule has 0 bridgehead atoms. The van der Waals surface area contributed by atoms with Crippen LogP contribution in [-0.4, -0.2) is 22.3 Å². The molecule has 0 aliphatic carbocycles. The van der Waals surface area contributed by atoms with Crippen molar-refractivity contribution in [1.82, 2.24) is 15.3 Å². The number of benzene rings is 1. The van der Waals surface area contributed by atoms with Gasteiger partial charge in [-0.3, -0.25) is 0 Å². The number of aryl methyl sites for hydroxylation is 2. The van der Waals surface area contributed by atoms with Crippen molar-refractivity contribution in [1.29, 1.82) is 0 Å². The summed E-state index contributed by atoms with van der Waals surface area (Å²) in [4.78, 5) is 8.77. The molecule has 0 atom stereocenters. The second-order valence-electron chi connectivity index (χ2n) is 5.01. The second kappa shape index (κ2) is 10.1. The third-order valence-electron chi connectivity index (χ3n) is 3.05. The molecule has 0 radical (unpaired) electrons. The van der Waals surface area contributed by atoms with Crippen LogP contribution in [0.4, 0.5) is 4.39 Å². The number of nitrogens with one attached hydrogen (secondary N) is 1. The first-order valence-electron chi connectivity index (χ1n) is 7.15. The van der Waals surface area contributed by atoms with Gasteiger partial charge in [-0.2, -0.15) is 0 Å². The Balaban J connectivity index is 0.00000264. The highest BCUT2D eigenvalue weighted by atomic mass is 35.5. The van der Waals surface area contributed by atoms with E-state index in [9.17, 15) is 4.39 Å². The van der Waals surface area contributed by atoms with Crippen molar-refractivity contribution in [3.05, 3.63) is 52.1 Å². The van der Waals surface area contributed by atoms with Crippen LogP contribution in [0.15, 0.2) is 29.4 Å². The molecule has 0 fully saturated rings. The predicted octanol–water partition coefficient (Wildman–Crippen LogP) is 4.58. The van der Waals surface area contributed by atoms with E-state index in [2.05, 4.69) is 15.3 Å². The van der Waals surface area contributed by atoms with Crippen molar-refractivity contribution in [3.8, 4) is 0 Å². The largest absolute Gasteiger partial charge is 0.312 e. The average Bonchev–Trinajstić information content (AvgIpc) is 2.44. The monoisotopic (exact) mass is 375 g/mol. The maximum Gasteiger partial charge on any atom is 0.187 e. The standard InChI is InChI=1S/C16H19ClFN3S.ClH/c1-11-9-12(2)21-16(20-11)22-8-4-7-19-10-13-14(17)5-3-6-15(13)18;/h3,5-6,9,19H,4,7-8,10H2,1-2H3;1H. The van der Waals surface area contributed by atoms with Crippen LogP contribution in [0.5, 0.6) is 0 Å². The maximum absolute atomic E-state index is 13.6. The van der Waals surface area contributed by atoms with Crippen molar-refractivity contribution in [3.63, 3.8) is 0 Å². The summed E-state index contributed by atoms with van der Waals surface area (Å²) in [5, 5.41) is 4.49. The zero-order chi connectivity index (χ0) is 15.9. The van der Waals surface area contributed by atoms with E-state index in [0.29, 0.717) is 17.1 Å². The van der Waals surface area contributed by atoms with Crippen molar-refractivity contribution < 1.29 is 4.39 Å². The molecule has 0 aliphatic heterocycles. The van der Waals surface area contributed by atoms with E-state index in [-0.39, 0.29) is 18.2 Å². The molecule has 0 amide bonds. The molecule has 1 aromatic carbocycles. The van der Waals surface area contributed by atoms with Gasteiger partial charge in [0.15, 0.2) is 5.16 Å². The van der Waals surface area contributed by atoms with E-state index < -0.39 is 0 Å². The van der Waals surface area contributed by atoms with E-state index in [1.807, 2.05) is 19.9 Å². The fourth-order valence-electron chi connectivity index (χ4n) is 2.03. The van der Waals surface area contributed by atoms with Gasteiger partial charge in [0.1, 0.15) is 5.82 Å². The fourth-order valence-corrected chi connectivity index (χ4v) is 3.15. The topological polar surface area (TPSA) is 37.8 Å². The summed E-state index contributed by atoms with van der Waals surface area (Å²) >= 11 is 7.62. The third-order valence-corrected chi connectivity index (χ3v) is 4.34. The fraction of sp³-hybridized carbons (Fsp3) is 0.375. The Morgan fingerprint density at radius 3 is 2.57 bits per heavy atom. The van der Waals surface area contributed by atoms with E-state index >= 15 is 0 Å². The lowest BCUT2D eigenvalue weighted by atomic mass is 10.2. The molecule has 0 spiro atoms. The first-order chi connectivity index (χ1) is 10.6. The van der Waals surface area contributed by atoms with Crippen molar-refractivity contribution >= 4 is 35.8 Å². The minimum atomic E-state index is -0.266. The molecule has 2 aromatic rings. The van der Waals surface area contributed by atoms with Gasteiger partial charge >= 0.3 is 0 Å². The summed E-state index contributed by atoms with van der Waals surface area (Å²) in [5.74, 6) is 0.652. The molecule has 1 heterocycles. The molecule has 3 nitrogen and oxygen atoms in total. The lowest BCUT2D eigenvalue weighted by Gasteiger charge is -2.08. The van der Waals surface area contributed by atoms with Gasteiger partial charge in [0.2, 0.25) is 0 Å². The summed E-state index contributed by atoms with van der Waals surface area (Å²) in [6.45, 7) is 5.18. The SMILES string of the molecule is Cc1cc(C)nc(SCCCNCc2c(F)cccc2Cl)n1.Cl. The number of aromatic nitrogens is 2. The summed E-state index contributed by atoms with van der Waals surface area (Å²) < 4.78 is 13.6. The first kappa shape index (κ1) is 20.2. The highest BCUT2D eigenvalue weighted by Crippen LogP contribution is 2.18. The summed E-state index contributed by atoms with van der Waals surface area (Å²) in [6.07, 6.45) is 0.951. The Kier molecular flexibility index (Phi) is 8.84. The zero-order valence-corrected chi connectivity index (χ0v) is 15.5. The highest BCUT2D eigenvalue weighted by Gasteiger charge is 2.06. The molecule has 7 heteroatoms. The van der Waals surface area contributed by atoms with Gasteiger partial charge in [-0.05, 0) is 45.0 Å². The predicted molar refractivity (Wildman–Crippen MR) is 97.2 cm³/mol. The normalized spacial score (nSPS) is 10.4. The number of hydrogen-bond acceptors (Lipinski definition) is 4. The smallest absolute Gasteiger partial charge is 0.187 e. The van der Waals surface area contributed by atoms with E-state index in [1.165, 1.54) is 6.07 Å². The van der Waals surface area contributed by atoms with Gasteiger partial charge in [0.05, 0.1) is 0 Å². The number of nitrogens with zero attached hydrogens (tertiary/aromatic N) is 2. The van der Waals surface area contributed by atoms with Crippen LogP contribution in [0, 0.1) is 19.7 Å². The molecule has 2 rings (SSSR count). The molecular formula is C16H20Cl2FN3S. The quantitative estimate of drug-likeness (QED) is 0.436. The molecule has 0 aliphatic rings. The Morgan fingerprint density at radius 1 is 1.22 bits per heavy atom. The Labute approximate surface area is 151 Å². The molecule has 1 N–H and O–H groups in total. The number of hydrogen-bond donors (Lipinski definition) is 1. The molecule has 0 saturated carbocycles. The summed E-state index contributed by atoms with van der Waals surface area (Å²) in [7, 11) is 0. The summed E-state index contributed by atoms with van der Waals surface area (Å²) in [5.41, 5.74) is 2.50. The van der Waals surface area contributed by atoms with E-state index in [0.717, 1.165) is 35.3 Å². The zero-order valence-electron chi connectivity index (χ0n) is 13.1. The number of rotatable bonds is 7. The van der Waals surface area contributed by atoms with Crippen LogP contribution < -0.4 is 5.32 Å². The van der Waals surface area contributed by atoms with Crippen molar-refractivity contribution in [2.24, 2.45) is 0 Å². The lowest BCUT2D eigenvalue weighted by molar-refractivity contribution is 0.587. The first-order valence-corrected chi connectivity index (χ1v) is 8.51. The average molecular weight is 376 g/mol. The summed E-state index contributed by atoms with van der Waals surface area (Å²) in [6, 6.07) is 6.70. The van der Waals surface area contributed by atoms with Crippen LogP contribution in [0.3, 0.4) is 0 Å². The third kappa shape index (κ3) is 6.63. The van der Waals surface area contributed by atoms with Crippen molar-refractivity contribution in [2.75, 3.05) is 12.3 Å². The molecule has 0 unspecified atom stereocenters. The van der Waals surface area contributed by atoms with Gasteiger partial charge in [-0.1, -0.05) is 29.4 Å². The molecule has 126 valence electrons. The number of halogens is 3. The van der Waals surface area contributed by atoms with Gasteiger partial charge in [-0.15, -0.1) is 12.4 Å². The minimum absolute atomic E-state index is 0. The lowest BCUT2D eigenvalue weighted by Crippen LogP contribution is -2.16. The Hall–Kier alpha value is -0.880. The molecule has 1 aromatic heterocycles.